The molecular weight excluding hydrogens is 700 g/mol. The summed E-state index contributed by atoms with van der Waals surface area (Å²) in [7, 11) is 0. The molecule has 5 aromatic rings. The highest BCUT2D eigenvalue weighted by atomic mass is 16.7. The minimum absolute atomic E-state index is 0.182. The third-order valence-corrected chi connectivity index (χ3v) is 10.9. The Kier molecular flexibility index (Phi) is 9.42. The van der Waals surface area contributed by atoms with Crippen molar-refractivity contribution >= 4 is 23.5 Å². The van der Waals surface area contributed by atoms with E-state index in [0.717, 1.165) is 44.4 Å². The smallest absolute Gasteiger partial charge is 0.328 e. The minimum atomic E-state index is -0.903. The lowest BCUT2D eigenvalue weighted by Crippen LogP contribution is -2.40. The van der Waals surface area contributed by atoms with E-state index in [1.165, 1.54) is 4.90 Å². The van der Waals surface area contributed by atoms with Gasteiger partial charge in [0.2, 0.25) is 13.6 Å². The summed E-state index contributed by atoms with van der Waals surface area (Å²) in [5.41, 5.74) is 7.10. The molecule has 0 aliphatic carbocycles. The van der Waals surface area contributed by atoms with Crippen LogP contribution in [-0.2, 0) is 24.3 Å². The number of fused-ring (bicyclic) bond motifs is 2. The molecule has 8 rings (SSSR count). The summed E-state index contributed by atoms with van der Waals surface area (Å²) in [6, 6.07) is 23.3. The largest absolute Gasteiger partial charge is 0.454 e. The molecule has 5 heterocycles. The van der Waals surface area contributed by atoms with Crippen molar-refractivity contribution in [2.45, 2.75) is 59.7 Å². The molecule has 3 aromatic carbocycles. The van der Waals surface area contributed by atoms with Gasteiger partial charge in [0.1, 0.15) is 6.04 Å². The fourth-order valence-corrected chi connectivity index (χ4v) is 7.81. The molecule has 2 aromatic heterocycles. The number of carbonyl (C=O) groups is 4. The lowest BCUT2D eigenvalue weighted by atomic mass is 10.0. The molecule has 1 fully saturated rings. The van der Waals surface area contributed by atoms with Gasteiger partial charge >= 0.3 is 6.03 Å². The Morgan fingerprint density at radius 3 is 1.67 bits per heavy atom. The van der Waals surface area contributed by atoms with E-state index in [-0.39, 0.29) is 31.7 Å². The first-order valence-electron chi connectivity index (χ1n) is 18.4. The summed E-state index contributed by atoms with van der Waals surface area (Å²) >= 11 is 0. The van der Waals surface area contributed by atoms with Crippen LogP contribution in [0.3, 0.4) is 0 Å². The van der Waals surface area contributed by atoms with Crippen molar-refractivity contribution in [2.75, 3.05) is 26.7 Å². The SMILES string of the molecule is Cc1cc(C(=O)CN2C(=O)[C@@H](CCc3ccccc3)N(CC(=O)c3cc(C)n(Cc4ccc5c(c4)OCO5)c3C)C2=O)c(C)n1Cc1ccc2c(c1)OCO2. The molecule has 282 valence electrons. The van der Waals surface area contributed by atoms with Crippen molar-refractivity contribution in [3.63, 3.8) is 0 Å². The Morgan fingerprint density at radius 2 is 1.13 bits per heavy atom. The van der Waals surface area contributed by atoms with Crippen molar-refractivity contribution in [3.8, 4) is 23.0 Å². The second-order valence-electron chi connectivity index (χ2n) is 14.3. The zero-order valence-electron chi connectivity index (χ0n) is 31.3. The molecule has 0 bridgehead atoms. The summed E-state index contributed by atoms with van der Waals surface area (Å²) in [6.45, 7) is 8.24. The summed E-state index contributed by atoms with van der Waals surface area (Å²) in [5, 5.41) is 0. The number of carbonyl (C=O) groups excluding carboxylic acids is 4. The fourth-order valence-electron chi connectivity index (χ4n) is 7.81. The second kappa shape index (κ2) is 14.5. The van der Waals surface area contributed by atoms with Crippen molar-refractivity contribution in [2.24, 2.45) is 0 Å². The number of ketones is 2. The number of aromatic nitrogens is 2. The Hall–Kier alpha value is -6.30. The number of urea groups is 1. The number of rotatable bonds is 13. The summed E-state index contributed by atoms with van der Waals surface area (Å²) in [5.74, 6) is 1.64. The Balaban J connectivity index is 1.01. The second-order valence-corrected chi connectivity index (χ2v) is 14.3. The van der Waals surface area contributed by atoms with Gasteiger partial charge in [0, 0.05) is 47.0 Å². The molecular formula is C43H42N4O8. The van der Waals surface area contributed by atoms with Crippen LogP contribution < -0.4 is 18.9 Å². The van der Waals surface area contributed by atoms with Crippen molar-refractivity contribution in [1.29, 1.82) is 0 Å². The van der Waals surface area contributed by atoms with E-state index in [1.807, 2.05) is 110 Å². The number of ether oxygens (including phenoxy) is 4. The molecule has 12 heteroatoms. The molecule has 12 nitrogen and oxygen atoms in total. The Morgan fingerprint density at radius 1 is 0.618 bits per heavy atom. The molecule has 0 unspecified atom stereocenters. The molecule has 3 amide bonds. The zero-order valence-corrected chi connectivity index (χ0v) is 31.3. The Labute approximate surface area is 318 Å². The summed E-state index contributed by atoms with van der Waals surface area (Å²) < 4.78 is 26.1. The quantitative estimate of drug-likeness (QED) is 0.100. The van der Waals surface area contributed by atoms with Crippen molar-refractivity contribution < 1.29 is 38.1 Å². The number of nitrogens with zero attached hydrogens (tertiary/aromatic N) is 4. The van der Waals surface area contributed by atoms with E-state index < -0.39 is 24.5 Å². The van der Waals surface area contributed by atoms with Crippen LogP contribution in [0.2, 0.25) is 0 Å². The van der Waals surface area contributed by atoms with Crippen molar-refractivity contribution in [1.82, 2.24) is 18.9 Å². The highest BCUT2D eigenvalue weighted by molar-refractivity contribution is 6.11. The van der Waals surface area contributed by atoms with Gasteiger partial charge in [-0.15, -0.1) is 0 Å². The molecule has 0 N–H and O–H groups in total. The number of hydrogen-bond donors (Lipinski definition) is 0. The van der Waals surface area contributed by atoms with E-state index in [2.05, 4.69) is 0 Å². The van der Waals surface area contributed by atoms with Gasteiger partial charge in [-0.3, -0.25) is 19.3 Å². The van der Waals surface area contributed by atoms with E-state index in [4.69, 9.17) is 18.9 Å². The first kappa shape index (κ1) is 35.7. The van der Waals surface area contributed by atoms with E-state index in [9.17, 15) is 19.2 Å². The number of Topliss-reactive ketones (excluding diaryl/α,β-unsaturated/α-hetero) is 2. The van der Waals surface area contributed by atoms with E-state index >= 15 is 0 Å². The first-order chi connectivity index (χ1) is 26.5. The van der Waals surface area contributed by atoms with Gasteiger partial charge in [-0.1, -0.05) is 42.5 Å². The van der Waals surface area contributed by atoms with Gasteiger partial charge in [-0.25, -0.2) is 4.79 Å². The summed E-state index contributed by atoms with van der Waals surface area (Å²) in [6.07, 6.45) is 0.821. The van der Waals surface area contributed by atoms with Gasteiger partial charge in [-0.05, 0) is 93.6 Å². The number of amides is 3. The lowest BCUT2D eigenvalue weighted by molar-refractivity contribution is -0.128. The number of benzene rings is 3. The molecule has 55 heavy (non-hydrogen) atoms. The van der Waals surface area contributed by atoms with Gasteiger partial charge < -0.3 is 33.0 Å². The van der Waals surface area contributed by atoms with Crippen LogP contribution in [0.25, 0.3) is 0 Å². The van der Waals surface area contributed by atoms with Gasteiger partial charge in [-0.2, -0.15) is 0 Å². The monoisotopic (exact) mass is 742 g/mol. The van der Waals surface area contributed by atoms with Crippen molar-refractivity contribution in [3.05, 3.63) is 129 Å². The highest BCUT2D eigenvalue weighted by Crippen LogP contribution is 2.35. The minimum Gasteiger partial charge on any atom is -0.454 e. The number of aryl methyl sites for hydroxylation is 3. The highest BCUT2D eigenvalue weighted by Gasteiger charge is 2.46. The average Bonchev–Trinajstić information content (AvgIpc) is 4.00. The molecule has 0 spiro atoms. The maximum absolute atomic E-state index is 14.1. The van der Waals surface area contributed by atoms with E-state index in [1.54, 1.807) is 6.07 Å². The van der Waals surface area contributed by atoms with Gasteiger partial charge in [0.05, 0.1) is 13.1 Å². The maximum atomic E-state index is 14.1. The summed E-state index contributed by atoms with van der Waals surface area (Å²) in [4.78, 5) is 58.5. The third-order valence-electron chi connectivity index (χ3n) is 10.9. The molecule has 0 saturated carbocycles. The van der Waals surface area contributed by atoms with Crippen LogP contribution in [0, 0.1) is 27.7 Å². The van der Waals surface area contributed by atoms with Gasteiger partial charge in [0.15, 0.2) is 34.6 Å². The standard InChI is InChI=1S/C43H42N4O8/c1-26-16-33(28(3)44(26)20-31-11-14-38-40(18-31)54-24-52-38)36(48)22-46-35(13-10-30-8-6-5-7-9-30)42(50)47(43(46)51)23-37(49)34-17-27(2)45(29(34)4)21-32-12-15-39-41(19-32)55-25-53-39/h5-9,11-12,14-19,35H,10,13,20-25H2,1-4H3/t35-/m1/s1. The first-order valence-corrected chi connectivity index (χ1v) is 18.4. The number of imide groups is 1. The molecule has 0 radical (unpaired) electrons. The van der Waals surface area contributed by atoms with Crippen LogP contribution in [-0.4, -0.2) is 75.2 Å². The normalized spacial score (nSPS) is 15.7. The van der Waals surface area contributed by atoms with Crippen LogP contribution >= 0.6 is 0 Å². The van der Waals surface area contributed by atoms with Crippen LogP contribution in [0.5, 0.6) is 23.0 Å². The van der Waals surface area contributed by atoms with E-state index in [0.29, 0.717) is 60.1 Å². The predicted octanol–water partition coefficient (Wildman–Crippen LogP) is 6.41. The van der Waals surface area contributed by atoms with Crippen LogP contribution in [0.4, 0.5) is 4.79 Å². The topological polar surface area (TPSA) is 122 Å². The lowest BCUT2D eigenvalue weighted by Gasteiger charge is -2.21. The third kappa shape index (κ3) is 6.84. The maximum Gasteiger partial charge on any atom is 0.328 e. The predicted molar refractivity (Wildman–Crippen MR) is 202 cm³/mol. The van der Waals surface area contributed by atoms with Crippen LogP contribution in [0.1, 0.15) is 66.6 Å². The van der Waals surface area contributed by atoms with Crippen LogP contribution in [0.15, 0.2) is 78.9 Å². The molecule has 3 aliphatic heterocycles. The molecule has 1 atom stereocenters. The zero-order chi connectivity index (χ0) is 38.4. The average molecular weight is 743 g/mol. The Bertz CT molecular complexity index is 2340. The number of hydrogen-bond acceptors (Lipinski definition) is 8. The molecule has 1 saturated heterocycles. The fraction of sp³-hybridized carbons (Fsp3) is 0.302. The molecule has 3 aliphatic rings. The van der Waals surface area contributed by atoms with Gasteiger partial charge in [0.25, 0.3) is 5.91 Å².